The maximum Gasteiger partial charge on any atom is 0.127 e. The van der Waals surface area contributed by atoms with Gasteiger partial charge in [0, 0.05) is 33.4 Å². The van der Waals surface area contributed by atoms with Crippen LogP contribution < -0.4 is 56.8 Å². The van der Waals surface area contributed by atoms with E-state index in [1.807, 2.05) is 77.9 Å². The molecule has 0 aliphatic heterocycles. The van der Waals surface area contributed by atoms with Gasteiger partial charge in [-0.1, -0.05) is 146 Å². The summed E-state index contributed by atoms with van der Waals surface area (Å²) in [5.41, 5.74) is 28.1. The van der Waals surface area contributed by atoms with E-state index in [9.17, 15) is 0 Å². The minimum absolute atomic E-state index is 0.725. The monoisotopic (exact) mass is 1430 g/mol. The Bertz CT molecular complexity index is 4580. The lowest BCUT2D eigenvalue weighted by molar-refractivity contribution is 0.402. The van der Waals surface area contributed by atoms with Crippen LogP contribution in [0.5, 0.6) is 69.0 Å². The average molecular weight is 1440 g/mol. The van der Waals surface area contributed by atoms with Crippen molar-refractivity contribution in [1.82, 2.24) is 0 Å². The number of methoxy groups -OCH3 is 12. The van der Waals surface area contributed by atoms with Crippen LogP contribution in [-0.4, -0.2) is 85.3 Å². The van der Waals surface area contributed by atoms with Gasteiger partial charge in [-0.25, -0.2) is 0 Å². The minimum atomic E-state index is 0.725. The van der Waals surface area contributed by atoms with Crippen molar-refractivity contribution in [2.24, 2.45) is 0 Å². The molecule has 12 heteroatoms. The van der Waals surface area contributed by atoms with E-state index in [4.69, 9.17) is 56.8 Å². The summed E-state index contributed by atoms with van der Waals surface area (Å²) in [6.07, 6.45) is 0. The first-order chi connectivity index (χ1) is 52.4. The minimum Gasteiger partial charge on any atom is -0.496 e. The fraction of sp³-hybridized carbons (Fsp3) is 0.188. The lowest BCUT2D eigenvalue weighted by Crippen LogP contribution is -2.03. The Morgan fingerprint density at radius 2 is 0.231 bits per heavy atom. The van der Waals surface area contributed by atoms with E-state index >= 15 is 0 Å². The molecule has 0 saturated carbocycles. The number of hydrogen-bond donors (Lipinski definition) is 0. The SMILES string of the molecule is COc1cc(-c2ccc(-c3c(-c4ccc(-c5cc(OC)c(C)cc5OC)cc4)c(-c4ccc(-c5cc(OC)c(C)cc5OC)cc4)c(-c4ccc(-c5cc(OC)c(C)cc5OC)cc4)c(-c4ccc(-c5cc(OC)c(C)cc5OC)cc4)c3-c3ccc(-c4cc(OC)c(C)cc4OC)cc3)cc2)c(OC)cc1C. The molecular formula is C96H90O12. The van der Waals surface area contributed by atoms with Gasteiger partial charge in [-0.2, -0.15) is 0 Å². The van der Waals surface area contributed by atoms with Crippen molar-refractivity contribution in [3.8, 4) is 203 Å². The third-order valence-corrected chi connectivity index (χ3v) is 20.7. The highest BCUT2D eigenvalue weighted by Gasteiger charge is 2.31. The summed E-state index contributed by atoms with van der Waals surface area (Å²) in [5.74, 6) is 8.87. The van der Waals surface area contributed by atoms with Crippen molar-refractivity contribution in [1.29, 1.82) is 0 Å². The molecule has 13 aromatic carbocycles. The molecule has 0 atom stereocenters. The summed E-state index contributed by atoms with van der Waals surface area (Å²) in [4.78, 5) is 0. The van der Waals surface area contributed by atoms with E-state index in [-0.39, 0.29) is 0 Å². The molecule has 13 aromatic rings. The van der Waals surface area contributed by atoms with Crippen LogP contribution in [0, 0.1) is 41.5 Å². The Morgan fingerprint density at radius 1 is 0.130 bits per heavy atom. The molecule has 108 heavy (non-hydrogen) atoms. The molecule has 0 N–H and O–H groups in total. The summed E-state index contributed by atoms with van der Waals surface area (Å²) in [6, 6.07) is 77.6. The van der Waals surface area contributed by atoms with Crippen molar-refractivity contribution in [2.45, 2.75) is 41.5 Å². The second-order valence-electron chi connectivity index (χ2n) is 26.8. The van der Waals surface area contributed by atoms with Crippen molar-refractivity contribution in [2.75, 3.05) is 85.3 Å². The fourth-order valence-corrected chi connectivity index (χ4v) is 15.0. The van der Waals surface area contributed by atoms with Crippen LogP contribution in [0.4, 0.5) is 0 Å². The van der Waals surface area contributed by atoms with Crippen molar-refractivity contribution in [3.05, 3.63) is 252 Å². The Labute approximate surface area is 634 Å². The Morgan fingerprint density at radius 3 is 0.333 bits per heavy atom. The molecule has 0 heterocycles. The van der Waals surface area contributed by atoms with Gasteiger partial charge < -0.3 is 56.8 Å². The van der Waals surface area contributed by atoms with E-state index in [0.717, 1.165) is 236 Å². The van der Waals surface area contributed by atoms with Crippen LogP contribution in [0.15, 0.2) is 218 Å². The van der Waals surface area contributed by atoms with Crippen LogP contribution in [-0.2, 0) is 0 Å². The summed E-state index contributed by atoms with van der Waals surface area (Å²) < 4.78 is 72.8. The third kappa shape index (κ3) is 13.9. The van der Waals surface area contributed by atoms with Gasteiger partial charge in [0.05, 0.1) is 85.3 Å². The van der Waals surface area contributed by atoms with Gasteiger partial charge in [0.1, 0.15) is 69.0 Å². The normalized spacial score (nSPS) is 11.1. The highest BCUT2D eigenvalue weighted by molar-refractivity contribution is 6.16. The van der Waals surface area contributed by atoms with Crippen LogP contribution >= 0.6 is 0 Å². The van der Waals surface area contributed by atoms with Crippen molar-refractivity contribution in [3.63, 3.8) is 0 Å². The molecule has 0 unspecified atom stereocenters. The second-order valence-corrected chi connectivity index (χ2v) is 26.8. The number of aryl methyl sites for hydroxylation is 6. The zero-order valence-corrected chi connectivity index (χ0v) is 64.7. The molecule has 546 valence electrons. The molecule has 0 spiro atoms. The van der Waals surface area contributed by atoms with Gasteiger partial charge in [0.25, 0.3) is 0 Å². The maximum absolute atomic E-state index is 6.15. The highest BCUT2D eigenvalue weighted by Crippen LogP contribution is 2.58. The molecular weight excluding hydrogens is 1350 g/mol. The molecule has 13 rings (SSSR count). The van der Waals surface area contributed by atoms with Gasteiger partial charge >= 0.3 is 0 Å². The smallest absolute Gasteiger partial charge is 0.127 e. The van der Waals surface area contributed by atoms with Crippen LogP contribution in [0.2, 0.25) is 0 Å². The molecule has 0 aliphatic rings. The van der Waals surface area contributed by atoms with Gasteiger partial charge in [-0.3, -0.25) is 0 Å². The van der Waals surface area contributed by atoms with Gasteiger partial charge in [0.2, 0.25) is 0 Å². The summed E-state index contributed by atoms with van der Waals surface area (Å²) in [7, 11) is 20.5. The summed E-state index contributed by atoms with van der Waals surface area (Å²) >= 11 is 0. The average Bonchev–Trinajstić information content (AvgIpc) is 0.711. The quantitative estimate of drug-likeness (QED) is 0.0574. The lowest BCUT2D eigenvalue weighted by Gasteiger charge is -2.29. The number of benzene rings is 13. The number of ether oxygens (including phenoxy) is 12. The van der Waals surface area contributed by atoms with E-state index in [1.54, 1.807) is 85.3 Å². The van der Waals surface area contributed by atoms with Gasteiger partial charge in [-0.15, -0.1) is 0 Å². The Hall–Kier alpha value is -12.5. The molecule has 0 aliphatic carbocycles. The predicted molar refractivity (Wildman–Crippen MR) is 439 cm³/mol. The molecule has 0 radical (unpaired) electrons. The highest BCUT2D eigenvalue weighted by atomic mass is 16.5. The fourth-order valence-electron chi connectivity index (χ4n) is 15.0. The second kappa shape index (κ2) is 31.6. The standard InChI is InChI=1S/C96H90O12/c1-55-43-85(103-13)73(49-79(55)97-7)61-19-31-67(32-20-61)91-92(68-33-21-62(22-34-68)74-50-80(98-8)56(2)44-86(74)104-14)94(70-37-25-64(26-38-70)76-52-82(100-10)58(4)46-88(76)106-16)96(72-41-29-66(30-42-72)78-54-84(102-12)60(6)48-90(78)108-18)95(71-39-27-65(28-40-71)77-53-83(101-11)59(5)47-89(77)107-17)93(91)69-35-23-63(24-36-69)75-51-81(99-9)57(3)45-87(75)105-15/h19-54H,1-18H3. The van der Waals surface area contributed by atoms with Crippen LogP contribution in [0.3, 0.4) is 0 Å². The topological polar surface area (TPSA) is 111 Å². The van der Waals surface area contributed by atoms with E-state index in [1.165, 1.54) is 0 Å². The first kappa shape index (κ1) is 73.8. The van der Waals surface area contributed by atoms with Crippen molar-refractivity contribution < 1.29 is 56.8 Å². The molecule has 0 fully saturated rings. The summed E-state index contributed by atoms with van der Waals surface area (Å²) in [5, 5.41) is 0. The van der Waals surface area contributed by atoms with Gasteiger partial charge in [-0.05, 0) is 248 Å². The van der Waals surface area contributed by atoms with E-state index in [2.05, 4.69) is 182 Å². The first-order valence-corrected chi connectivity index (χ1v) is 35.7. The number of hydrogen-bond acceptors (Lipinski definition) is 12. The zero-order valence-electron chi connectivity index (χ0n) is 64.7. The maximum atomic E-state index is 6.15. The van der Waals surface area contributed by atoms with Gasteiger partial charge in [0.15, 0.2) is 0 Å². The molecule has 0 saturated heterocycles. The molecule has 0 amide bonds. The lowest BCUT2D eigenvalue weighted by atomic mass is 9.73. The van der Waals surface area contributed by atoms with Crippen molar-refractivity contribution >= 4 is 0 Å². The number of rotatable bonds is 24. The van der Waals surface area contributed by atoms with E-state index in [0.29, 0.717) is 0 Å². The third-order valence-electron chi connectivity index (χ3n) is 20.7. The van der Waals surface area contributed by atoms with E-state index < -0.39 is 0 Å². The Balaban J connectivity index is 1.23. The zero-order chi connectivity index (χ0) is 76.2. The van der Waals surface area contributed by atoms with Crippen LogP contribution in [0.25, 0.3) is 134 Å². The molecule has 12 nitrogen and oxygen atoms in total. The Kier molecular flexibility index (Phi) is 21.6. The molecule has 0 aromatic heterocycles. The molecule has 0 bridgehead atoms. The predicted octanol–water partition coefficient (Wildman–Crippen LogP) is 23.6. The first-order valence-electron chi connectivity index (χ1n) is 35.7. The summed E-state index contributed by atoms with van der Waals surface area (Å²) in [6.45, 7) is 12.2. The van der Waals surface area contributed by atoms with Crippen LogP contribution in [0.1, 0.15) is 33.4 Å². The largest absolute Gasteiger partial charge is 0.496 e.